The van der Waals surface area contributed by atoms with Crippen molar-refractivity contribution in [2.75, 3.05) is 13.7 Å². The minimum absolute atomic E-state index is 0.118. The van der Waals surface area contributed by atoms with Gasteiger partial charge in [0.2, 0.25) is 0 Å². The molecule has 0 bridgehead atoms. The largest absolute Gasteiger partial charge is 0.493 e. The first kappa shape index (κ1) is 25.2. The molecule has 180 valence electrons. The van der Waals surface area contributed by atoms with Gasteiger partial charge in [0.15, 0.2) is 16.7 Å². The van der Waals surface area contributed by atoms with Crippen LogP contribution in [-0.2, 0) is 11.4 Å². The zero-order valence-electron chi connectivity index (χ0n) is 19.5. The van der Waals surface area contributed by atoms with Crippen LogP contribution in [0.25, 0.3) is 6.08 Å². The van der Waals surface area contributed by atoms with Gasteiger partial charge in [0.1, 0.15) is 12.4 Å². The molecule has 3 aromatic carbocycles. The highest BCUT2D eigenvalue weighted by Gasteiger charge is 2.32. The molecule has 0 spiro atoms. The van der Waals surface area contributed by atoms with Gasteiger partial charge in [-0.25, -0.2) is 9.38 Å². The zero-order chi connectivity index (χ0) is 24.9. The number of halogens is 2. The molecule has 1 fully saturated rings. The number of hydrogen-bond acceptors (Lipinski definition) is 5. The number of hydrogen-bond donors (Lipinski definition) is 0. The lowest BCUT2D eigenvalue weighted by Crippen LogP contribution is -2.28. The Morgan fingerprint density at radius 3 is 2.60 bits per heavy atom. The van der Waals surface area contributed by atoms with Crippen molar-refractivity contribution >= 4 is 57.2 Å². The number of ether oxygens (including phenoxy) is 2. The number of methoxy groups -OCH3 is 1. The Labute approximate surface area is 222 Å². The van der Waals surface area contributed by atoms with Crippen LogP contribution in [0, 0.1) is 16.3 Å². The van der Waals surface area contributed by atoms with Crippen molar-refractivity contribution in [2.24, 2.45) is 4.99 Å². The average molecular weight is 602 g/mol. The highest BCUT2D eigenvalue weighted by atomic mass is 127. The summed E-state index contributed by atoms with van der Waals surface area (Å²) in [7, 11) is 1.60. The molecule has 0 radical (unpaired) electrons. The fraction of sp³-hybridized carbons (Fsp3) is 0.185. The van der Waals surface area contributed by atoms with Gasteiger partial charge < -0.3 is 9.47 Å². The van der Waals surface area contributed by atoms with Gasteiger partial charge >= 0.3 is 0 Å². The molecule has 1 saturated heterocycles. The van der Waals surface area contributed by atoms with Gasteiger partial charge in [-0.05, 0) is 102 Å². The first-order valence-corrected chi connectivity index (χ1v) is 12.9. The first-order chi connectivity index (χ1) is 16.9. The Morgan fingerprint density at radius 2 is 1.91 bits per heavy atom. The van der Waals surface area contributed by atoms with E-state index in [1.807, 2.05) is 50.3 Å². The van der Waals surface area contributed by atoms with E-state index in [2.05, 4.69) is 33.6 Å². The Bertz CT molecular complexity index is 1310. The minimum Gasteiger partial charge on any atom is -0.493 e. The maximum absolute atomic E-state index is 13.2. The van der Waals surface area contributed by atoms with Gasteiger partial charge in [0, 0.05) is 6.54 Å². The third-order valence-corrected chi connectivity index (χ3v) is 7.08. The molecular formula is C27H24FIN2O3S. The Morgan fingerprint density at radius 1 is 1.14 bits per heavy atom. The topological polar surface area (TPSA) is 51.1 Å². The van der Waals surface area contributed by atoms with E-state index in [1.165, 1.54) is 29.5 Å². The van der Waals surface area contributed by atoms with E-state index in [4.69, 9.17) is 9.47 Å². The summed E-state index contributed by atoms with van der Waals surface area (Å²) >= 11 is 3.52. The molecule has 0 aliphatic carbocycles. The van der Waals surface area contributed by atoms with E-state index in [0.29, 0.717) is 40.4 Å². The summed E-state index contributed by atoms with van der Waals surface area (Å²) in [5.41, 5.74) is 3.67. The molecule has 1 amide bonds. The van der Waals surface area contributed by atoms with Gasteiger partial charge in [0.25, 0.3) is 5.91 Å². The first-order valence-electron chi connectivity index (χ1n) is 11.0. The van der Waals surface area contributed by atoms with Crippen LogP contribution in [0.15, 0.2) is 70.6 Å². The van der Waals surface area contributed by atoms with Crippen LogP contribution < -0.4 is 9.47 Å². The van der Waals surface area contributed by atoms with Gasteiger partial charge in [-0.15, -0.1) is 0 Å². The van der Waals surface area contributed by atoms with Gasteiger partial charge in [-0.2, -0.15) is 0 Å². The second-order valence-electron chi connectivity index (χ2n) is 7.84. The van der Waals surface area contributed by atoms with E-state index in [1.54, 1.807) is 24.1 Å². The predicted octanol–water partition coefficient (Wildman–Crippen LogP) is 6.95. The molecule has 1 heterocycles. The third-order valence-electron chi connectivity index (χ3n) is 5.27. The van der Waals surface area contributed by atoms with E-state index in [0.717, 1.165) is 14.7 Å². The highest BCUT2D eigenvalue weighted by molar-refractivity contribution is 14.1. The number of amides is 1. The molecule has 5 nitrogen and oxygen atoms in total. The van der Waals surface area contributed by atoms with Crippen LogP contribution >= 0.6 is 34.4 Å². The van der Waals surface area contributed by atoms with Gasteiger partial charge in [0.05, 0.1) is 21.3 Å². The third kappa shape index (κ3) is 6.05. The fourth-order valence-corrected chi connectivity index (χ4v) is 5.41. The second-order valence-corrected chi connectivity index (χ2v) is 10.0. The maximum atomic E-state index is 13.2. The standard InChI is InChI=1S/C27H24FIN2O3S/c1-4-31-26(32)24(35-27(31)30-21-10-8-20(28)9-11-21)15-19-13-22(29)25(23(14-19)33-3)34-16-18-7-5-6-17(2)12-18/h5-15H,4,16H2,1-3H3/b24-15+,30-27?. The van der Waals surface area contributed by atoms with Crippen molar-refractivity contribution in [2.45, 2.75) is 20.5 Å². The monoisotopic (exact) mass is 602 g/mol. The summed E-state index contributed by atoms with van der Waals surface area (Å²) in [5.74, 6) is 0.814. The number of aryl methyl sites for hydroxylation is 1. The lowest BCUT2D eigenvalue weighted by Gasteiger charge is -2.14. The van der Waals surface area contributed by atoms with Crippen molar-refractivity contribution in [1.82, 2.24) is 4.90 Å². The Hall–Kier alpha value is -2.85. The molecule has 0 unspecified atom stereocenters. The molecule has 1 aliphatic rings. The number of rotatable bonds is 7. The van der Waals surface area contributed by atoms with Crippen LogP contribution in [0.1, 0.15) is 23.6 Å². The van der Waals surface area contributed by atoms with Crippen LogP contribution in [0.2, 0.25) is 0 Å². The number of aliphatic imine (C=N–C) groups is 1. The second kappa shape index (κ2) is 11.3. The zero-order valence-corrected chi connectivity index (χ0v) is 22.5. The predicted molar refractivity (Wildman–Crippen MR) is 148 cm³/mol. The van der Waals surface area contributed by atoms with Crippen molar-refractivity contribution in [1.29, 1.82) is 0 Å². The number of nitrogens with zero attached hydrogens (tertiary/aromatic N) is 2. The molecule has 0 aromatic heterocycles. The normalized spacial score (nSPS) is 15.8. The smallest absolute Gasteiger partial charge is 0.266 e. The SMILES string of the molecule is CCN1C(=O)/C(=C\c2cc(I)c(OCc3cccc(C)c3)c(OC)c2)SC1=Nc1ccc(F)cc1. The van der Waals surface area contributed by atoms with Crippen molar-refractivity contribution in [3.05, 3.63) is 91.6 Å². The molecule has 0 saturated carbocycles. The molecule has 3 aromatic rings. The van der Waals surface area contributed by atoms with Crippen LogP contribution in [0.4, 0.5) is 10.1 Å². The van der Waals surface area contributed by atoms with E-state index < -0.39 is 0 Å². The van der Waals surface area contributed by atoms with Gasteiger partial charge in [-0.1, -0.05) is 29.8 Å². The maximum Gasteiger partial charge on any atom is 0.266 e. The van der Waals surface area contributed by atoms with Crippen LogP contribution in [-0.4, -0.2) is 29.6 Å². The van der Waals surface area contributed by atoms with E-state index >= 15 is 0 Å². The summed E-state index contributed by atoms with van der Waals surface area (Å²) in [6.45, 7) is 4.86. The van der Waals surface area contributed by atoms with Crippen LogP contribution in [0.3, 0.4) is 0 Å². The number of benzene rings is 3. The summed E-state index contributed by atoms with van der Waals surface area (Å²) in [4.78, 5) is 19.7. The molecule has 0 atom stereocenters. The molecule has 8 heteroatoms. The quantitative estimate of drug-likeness (QED) is 0.217. The number of amidine groups is 1. The highest BCUT2D eigenvalue weighted by Crippen LogP contribution is 2.38. The lowest BCUT2D eigenvalue weighted by atomic mass is 10.1. The minimum atomic E-state index is -0.327. The molecule has 1 aliphatic heterocycles. The van der Waals surface area contributed by atoms with Gasteiger partial charge in [-0.3, -0.25) is 9.69 Å². The van der Waals surface area contributed by atoms with Crippen molar-refractivity contribution in [3.63, 3.8) is 0 Å². The number of thioether (sulfide) groups is 1. The summed E-state index contributed by atoms with van der Waals surface area (Å²) in [6, 6.07) is 17.9. The average Bonchev–Trinajstić information content (AvgIpc) is 3.13. The lowest BCUT2D eigenvalue weighted by molar-refractivity contribution is -0.122. The molecule has 4 rings (SSSR count). The van der Waals surface area contributed by atoms with Crippen molar-refractivity contribution < 1.29 is 18.7 Å². The number of likely N-dealkylation sites (N-methyl/N-ethyl adjacent to an activating group) is 1. The Balaban J connectivity index is 1.59. The van der Waals surface area contributed by atoms with Crippen LogP contribution in [0.5, 0.6) is 11.5 Å². The fourth-order valence-electron chi connectivity index (χ4n) is 3.57. The molecule has 0 N–H and O–H groups in total. The van der Waals surface area contributed by atoms with E-state index in [-0.39, 0.29) is 11.7 Å². The summed E-state index contributed by atoms with van der Waals surface area (Å²) in [5, 5.41) is 0.565. The number of carbonyl (C=O) groups excluding carboxylic acids is 1. The number of carbonyl (C=O) groups is 1. The Kier molecular flexibility index (Phi) is 8.12. The van der Waals surface area contributed by atoms with Crippen molar-refractivity contribution in [3.8, 4) is 11.5 Å². The molecule has 35 heavy (non-hydrogen) atoms. The summed E-state index contributed by atoms with van der Waals surface area (Å²) in [6.07, 6.45) is 1.83. The molecular weight excluding hydrogens is 578 g/mol. The van der Waals surface area contributed by atoms with E-state index in [9.17, 15) is 9.18 Å². The summed E-state index contributed by atoms with van der Waals surface area (Å²) < 4.78 is 25.8.